The van der Waals surface area contributed by atoms with Crippen LogP contribution in [0.15, 0.2) is 4.42 Å². The molecular formula is C10H15NO3. The molecule has 0 aliphatic carbocycles. The third-order valence-electron chi connectivity index (χ3n) is 2.68. The van der Waals surface area contributed by atoms with Crippen molar-refractivity contribution >= 4 is 0 Å². The summed E-state index contributed by atoms with van der Waals surface area (Å²) in [6.07, 6.45) is 1.01. The summed E-state index contributed by atoms with van der Waals surface area (Å²) in [5.41, 5.74) is 0.755. The first-order valence-electron chi connectivity index (χ1n) is 4.91. The Balaban J connectivity index is 2.23. The number of aromatic nitrogens is 1. The maximum atomic E-state index is 8.97. The molecule has 2 unspecified atom stereocenters. The number of ether oxygens (including phenoxy) is 1. The molecule has 0 amide bonds. The largest absolute Gasteiger partial charge is 0.440 e. The van der Waals surface area contributed by atoms with Gasteiger partial charge in [0.25, 0.3) is 0 Å². The molecule has 14 heavy (non-hydrogen) atoms. The van der Waals surface area contributed by atoms with Crippen LogP contribution in [0.5, 0.6) is 0 Å². The average Bonchev–Trinajstić information content (AvgIpc) is 2.71. The first kappa shape index (κ1) is 9.68. The van der Waals surface area contributed by atoms with Gasteiger partial charge in [-0.15, -0.1) is 0 Å². The minimum Gasteiger partial charge on any atom is -0.440 e. The standard InChI is InChI=1S/C10H15NO3/c1-6-3-4-13-9(6)10-11-7(2)8(5-12)14-10/h6,9,12H,3-5H2,1-2H3. The van der Waals surface area contributed by atoms with Crippen LogP contribution in [0.1, 0.15) is 36.8 Å². The van der Waals surface area contributed by atoms with Gasteiger partial charge in [-0.2, -0.15) is 0 Å². The molecule has 1 saturated heterocycles. The molecule has 78 valence electrons. The fourth-order valence-electron chi connectivity index (χ4n) is 1.73. The zero-order chi connectivity index (χ0) is 10.1. The van der Waals surface area contributed by atoms with Crippen molar-refractivity contribution in [1.29, 1.82) is 0 Å². The van der Waals surface area contributed by atoms with Crippen molar-refractivity contribution in [3.05, 3.63) is 17.3 Å². The lowest BCUT2D eigenvalue weighted by Crippen LogP contribution is -2.03. The average molecular weight is 197 g/mol. The number of hydrogen-bond acceptors (Lipinski definition) is 4. The van der Waals surface area contributed by atoms with Gasteiger partial charge in [-0.3, -0.25) is 0 Å². The second-order valence-electron chi connectivity index (χ2n) is 3.78. The quantitative estimate of drug-likeness (QED) is 0.781. The van der Waals surface area contributed by atoms with Crippen LogP contribution < -0.4 is 0 Å². The van der Waals surface area contributed by atoms with E-state index in [0.29, 0.717) is 17.6 Å². The first-order chi connectivity index (χ1) is 6.72. The Morgan fingerprint density at radius 2 is 2.36 bits per heavy atom. The molecule has 0 spiro atoms. The van der Waals surface area contributed by atoms with Crippen molar-refractivity contribution in [2.75, 3.05) is 6.61 Å². The summed E-state index contributed by atoms with van der Waals surface area (Å²) in [5, 5.41) is 8.97. The van der Waals surface area contributed by atoms with Gasteiger partial charge in [0.15, 0.2) is 5.76 Å². The van der Waals surface area contributed by atoms with Crippen molar-refractivity contribution in [1.82, 2.24) is 4.98 Å². The number of aliphatic hydroxyl groups is 1. The lowest BCUT2D eigenvalue weighted by molar-refractivity contribution is 0.0689. The Morgan fingerprint density at radius 3 is 2.86 bits per heavy atom. The van der Waals surface area contributed by atoms with Crippen LogP contribution in [-0.4, -0.2) is 16.7 Å². The van der Waals surface area contributed by atoms with Crippen LogP contribution in [0, 0.1) is 12.8 Å². The summed E-state index contributed by atoms with van der Waals surface area (Å²) in [6, 6.07) is 0. The molecule has 2 rings (SSSR count). The summed E-state index contributed by atoms with van der Waals surface area (Å²) in [5.74, 6) is 1.60. The van der Waals surface area contributed by atoms with Crippen LogP contribution in [0.25, 0.3) is 0 Å². The molecule has 0 aromatic carbocycles. The number of rotatable bonds is 2. The number of oxazole rings is 1. The van der Waals surface area contributed by atoms with Crippen LogP contribution in [0.3, 0.4) is 0 Å². The van der Waals surface area contributed by atoms with Crippen LogP contribution in [0.2, 0.25) is 0 Å². The second-order valence-corrected chi connectivity index (χ2v) is 3.78. The lowest BCUT2D eigenvalue weighted by Gasteiger charge is -2.09. The smallest absolute Gasteiger partial charge is 0.224 e. The van der Waals surface area contributed by atoms with Crippen molar-refractivity contribution in [3.8, 4) is 0 Å². The molecule has 1 aromatic rings. The van der Waals surface area contributed by atoms with Gasteiger partial charge < -0.3 is 14.3 Å². The molecule has 1 aliphatic rings. The minimum absolute atomic E-state index is 0.0333. The third-order valence-corrected chi connectivity index (χ3v) is 2.68. The van der Waals surface area contributed by atoms with E-state index in [1.165, 1.54) is 0 Å². The molecule has 2 heterocycles. The normalized spacial score (nSPS) is 27.1. The van der Waals surface area contributed by atoms with Gasteiger partial charge in [0.1, 0.15) is 12.7 Å². The fourth-order valence-corrected chi connectivity index (χ4v) is 1.73. The first-order valence-corrected chi connectivity index (χ1v) is 4.91. The minimum atomic E-state index is -0.0973. The zero-order valence-corrected chi connectivity index (χ0v) is 8.49. The fraction of sp³-hybridized carbons (Fsp3) is 0.700. The van der Waals surface area contributed by atoms with Crippen molar-refractivity contribution in [2.45, 2.75) is 33.0 Å². The molecule has 1 aliphatic heterocycles. The molecule has 0 bridgehead atoms. The van der Waals surface area contributed by atoms with Crippen molar-refractivity contribution in [2.24, 2.45) is 5.92 Å². The number of aliphatic hydroxyl groups excluding tert-OH is 1. The highest BCUT2D eigenvalue weighted by molar-refractivity contribution is 5.08. The Hall–Kier alpha value is -0.870. The topological polar surface area (TPSA) is 55.5 Å². The Kier molecular flexibility index (Phi) is 2.56. The summed E-state index contributed by atoms with van der Waals surface area (Å²) in [6.45, 7) is 4.62. The summed E-state index contributed by atoms with van der Waals surface area (Å²) in [4.78, 5) is 4.26. The van der Waals surface area contributed by atoms with E-state index in [2.05, 4.69) is 11.9 Å². The predicted octanol–water partition coefficient (Wildman–Crippen LogP) is 1.57. The SMILES string of the molecule is Cc1nc(C2OCCC2C)oc1CO. The second kappa shape index (κ2) is 3.71. The highest BCUT2D eigenvalue weighted by Crippen LogP contribution is 2.34. The third kappa shape index (κ3) is 1.55. The summed E-state index contributed by atoms with van der Waals surface area (Å²) >= 11 is 0. The van der Waals surface area contributed by atoms with Crippen LogP contribution in [-0.2, 0) is 11.3 Å². The predicted molar refractivity (Wildman–Crippen MR) is 49.6 cm³/mol. The Morgan fingerprint density at radius 1 is 1.57 bits per heavy atom. The van der Waals surface area contributed by atoms with E-state index in [0.717, 1.165) is 18.7 Å². The van der Waals surface area contributed by atoms with E-state index < -0.39 is 0 Å². The Bertz CT molecular complexity index is 321. The molecule has 0 saturated carbocycles. The highest BCUT2D eigenvalue weighted by Gasteiger charge is 2.30. The van der Waals surface area contributed by atoms with E-state index >= 15 is 0 Å². The van der Waals surface area contributed by atoms with Gasteiger partial charge in [-0.1, -0.05) is 6.92 Å². The summed E-state index contributed by atoms with van der Waals surface area (Å²) < 4.78 is 11.0. The lowest BCUT2D eigenvalue weighted by atomic mass is 10.0. The molecule has 4 nitrogen and oxygen atoms in total. The van der Waals surface area contributed by atoms with E-state index in [-0.39, 0.29) is 12.7 Å². The monoisotopic (exact) mass is 197 g/mol. The van der Waals surface area contributed by atoms with Crippen molar-refractivity contribution in [3.63, 3.8) is 0 Å². The van der Waals surface area contributed by atoms with E-state index in [9.17, 15) is 0 Å². The maximum Gasteiger partial charge on any atom is 0.224 e. The number of hydrogen-bond donors (Lipinski definition) is 1. The zero-order valence-electron chi connectivity index (χ0n) is 8.49. The van der Waals surface area contributed by atoms with Gasteiger partial charge in [0, 0.05) is 6.61 Å². The van der Waals surface area contributed by atoms with Gasteiger partial charge in [-0.25, -0.2) is 4.98 Å². The van der Waals surface area contributed by atoms with Crippen LogP contribution in [0.4, 0.5) is 0 Å². The summed E-state index contributed by atoms with van der Waals surface area (Å²) in [7, 11) is 0. The van der Waals surface area contributed by atoms with E-state index in [1.54, 1.807) is 0 Å². The maximum absolute atomic E-state index is 8.97. The molecule has 1 fully saturated rings. The van der Waals surface area contributed by atoms with Crippen LogP contribution >= 0.6 is 0 Å². The molecule has 1 N–H and O–H groups in total. The molecule has 2 atom stereocenters. The van der Waals surface area contributed by atoms with E-state index in [4.69, 9.17) is 14.3 Å². The number of aryl methyl sites for hydroxylation is 1. The molecular weight excluding hydrogens is 182 g/mol. The molecule has 0 radical (unpaired) electrons. The van der Waals surface area contributed by atoms with Gasteiger partial charge in [0.2, 0.25) is 5.89 Å². The van der Waals surface area contributed by atoms with Crippen molar-refractivity contribution < 1.29 is 14.3 Å². The molecule has 4 heteroatoms. The van der Waals surface area contributed by atoms with Gasteiger partial charge in [-0.05, 0) is 19.3 Å². The van der Waals surface area contributed by atoms with Gasteiger partial charge >= 0.3 is 0 Å². The highest BCUT2D eigenvalue weighted by atomic mass is 16.5. The van der Waals surface area contributed by atoms with E-state index in [1.807, 2.05) is 6.92 Å². The number of nitrogens with zero attached hydrogens (tertiary/aromatic N) is 1. The molecule has 1 aromatic heterocycles. The van der Waals surface area contributed by atoms with Gasteiger partial charge in [0.05, 0.1) is 5.69 Å². The Labute approximate surface area is 82.9 Å².